The monoisotopic (exact) mass is 462 g/mol. The van der Waals surface area contributed by atoms with Gasteiger partial charge < -0.3 is 10.0 Å². The number of aliphatic hydroxyl groups excluding tert-OH is 1. The minimum Gasteiger partial charge on any atom is -0.393 e. The fourth-order valence-corrected chi connectivity index (χ4v) is 5.16. The summed E-state index contributed by atoms with van der Waals surface area (Å²) in [6.45, 7) is 2.33. The van der Waals surface area contributed by atoms with Gasteiger partial charge in [-0.15, -0.1) is 11.3 Å². The molecule has 0 saturated heterocycles. The zero-order valence-electron chi connectivity index (χ0n) is 17.5. The van der Waals surface area contributed by atoms with E-state index in [-0.39, 0.29) is 17.7 Å². The van der Waals surface area contributed by atoms with Crippen molar-refractivity contribution in [1.29, 1.82) is 5.26 Å². The van der Waals surface area contributed by atoms with Crippen LogP contribution in [0.3, 0.4) is 0 Å². The van der Waals surface area contributed by atoms with E-state index in [4.69, 9.17) is 5.26 Å². The van der Waals surface area contributed by atoms with Crippen molar-refractivity contribution in [3.8, 4) is 6.07 Å². The maximum absolute atomic E-state index is 12.4. The van der Waals surface area contributed by atoms with Gasteiger partial charge in [0.2, 0.25) is 10.0 Å². The highest BCUT2D eigenvalue weighted by Gasteiger charge is 2.26. The standard InChI is InChI=1S/C21H26N4O4S2/c1-14-19(20(27)24-31(2,28)29)23-21(30-14)25(17-9-7-15(12-22)8-10-17)13-16-5-3-4-6-18(26)11-16/h7-10,16,18,26H,3-6,11,13H2,1-2H3,(H,24,27)/t16-,18+/m1/s1. The van der Waals surface area contributed by atoms with E-state index in [9.17, 15) is 18.3 Å². The first-order valence-electron chi connectivity index (χ1n) is 10.1. The Morgan fingerprint density at radius 3 is 2.65 bits per heavy atom. The molecule has 1 saturated carbocycles. The van der Waals surface area contributed by atoms with Gasteiger partial charge in [-0.05, 0) is 56.4 Å². The molecule has 1 aromatic heterocycles. The molecule has 0 bridgehead atoms. The number of hydrogen-bond acceptors (Lipinski definition) is 8. The van der Waals surface area contributed by atoms with Crippen LogP contribution in [0.4, 0.5) is 10.8 Å². The molecule has 0 radical (unpaired) electrons. The first-order valence-corrected chi connectivity index (χ1v) is 12.8. The van der Waals surface area contributed by atoms with E-state index in [1.54, 1.807) is 19.1 Å². The van der Waals surface area contributed by atoms with E-state index in [1.165, 1.54) is 11.3 Å². The van der Waals surface area contributed by atoms with E-state index in [0.717, 1.165) is 37.6 Å². The molecule has 1 amide bonds. The maximum atomic E-state index is 12.4. The van der Waals surface area contributed by atoms with Crippen LogP contribution in [0.15, 0.2) is 24.3 Å². The number of aromatic nitrogens is 1. The third-order valence-electron chi connectivity index (χ3n) is 5.26. The molecule has 2 N–H and O–H groups in total. The summed E-state index contributed by atoms with van der Waals surface area (Å²) in [4.78, 5) is 19.4. The Kier molecular flexibility index (Phi) is 7.30. The molecule has 31 heavy (non-hydrogen) atoms. The fourth-order valence-electron chi connectivity index (χ4n) is 3.79. The number of sulfonamides is 1. The Bertz CT molecular complexity index is 1070. The van der Waals surface area contributed by atoms with Crippen LogP contribution in [-0.2, 0) is 10.0 Å². The predicted octanol–water partition coefficient (Wildman–Crippen LogP) is 3.09. The zero-order valence-corrected chi connectivity index (χ0v) is 19.2. The van der Waals surface area contributed by atoms with E-state index >= 15 is 0 Å². The number of nitrogens with zero attached hydrogens (tertiary/aromatic N) is 3. The number of nitrogens with one attached hydrogen (secondary N) is 1. The van der Waals surface area contributed by atoms with Crippen LogP contribution >= 0.6 is 11.3 Å². The lowest BCUT2D eigenvalue weighted by Gasteiger charge is -2.27. The largest absolute Gasteiger partial charge is 0.393 e. The molecule has 2 aromatic rings. The Hall–Kier alpha value is -2.48. The van der Waals surface area contributed by atoms with Crippen molar-refractivity contribution >= 4 is 38.1 Å². The molecule has 166 valence electrons. The summed E-state index contributed by atoms with van der Waals surface area (Å²) < 4.78 is 24.9. The summed E-state index contributed by atoms with van der Waals surface area (Å²) in [6.07, 6.45) is 5.12. The molecule has 1 fully saturated rings. The van der Waals surface area contributed by atoms with Crippen LogP contribution < -0.4 is 9.62 Å². The molecular weight excluding hydrogens is 436 g/mol. The van der Waals surface area contributed by atoms with Crippen LogP contribution in [0.2, 0.25) is 0 Å². The number of hydrogen-bond donors (Lipinski definition) is 2. The van der Waals surface area contributed by atoms with Crippen LogP contribution in [0, 0.1) is 24.2 Å². The number of aryl methyl sites for hydroxylation is 1. The highest BCUT2D eigenvalue weighted by Crippen LogP contribution is 2.35. The van der Waals surface area contributed by atoms with Crippen molar-refractivity contribution < 1.29 is 18.3 Å². The minimum atomic E-state index is -3.70. The van der Waals surface area contributed by atoms with E-state index in [1.807, 2.05) is 21.8 Å². The van der Waals surface area contributed by atoms with Crippen LogP contribution in [-0.4, -0.2) is 43.3 Å². The smallest absolute Gasteiger partial charge is 0.284 e. The Morgan fingerprint density at radius 1 is 1.32 bits per heavy atom. The van der Waals surface area contributed by atoms with Gasteiger partial charge >= 0.3 is 0 Å². The average Bonchev–Trinajstić information content (AvgIpc) is 2.96. The van der Waals surface area contributed by atoms with Crippen molar-refractivity contribution in [1.82, 2.24) is 9.71 Å². The molecule has 0 spiro atoms. The molecule has 3 rings (SSSR count). The van der Waals surface area contributed by atoms with Crippen molar-refractivity contribution in [2.45, 2.75) is 45.1 Å². The minimum absolute atomic E-state index is 0.0740. The highest BCUT2D eigenvalue weighted by atomic mass is 32.2. The zero-order chi connectivity index (χ0) is 22.6. The average molecular weight is 463 g/mol. The molecule has 2 atom stereocenters. The topological polar surface area (TPSA) is 123 Å². The lowest BCUT2D eigenvalue weighted by molar-refractivity contribution is 0.0977. The summed E-state index contributed by atoms with van der Waals surface area (Å²) in [7, 11) is -3.70. The quantitative estimate of drug-likeness (QED) is 0.632. The predicted molar refractivity (Wildman–Crippen MR) is 120 cm³/mol. The summed E-state index contributed by atoms with van der Waals surface area (Å²) in [5.41, 5.74) is 1.43. The molecule has 10 heteroatoms. The molecule has 0 unspecified atom stereocenters. The van der Waals surface area contributed by atoms with Crippen molar-refractivity contribution in [2.24, 2.45) is 5.92 Å². The summed E-state index contributed by atoms with van der Waals surface area (Å²) >= 11 is 1.31. The normalized spacial score (nSPS) is 19.3. The van der Waals surface area contributed by atoms with Gasteiger partial charge in [-0.1, -0.05) is 12.8 Å². The number of carbonyl (C=O) groups is 1. The molecule has 8 nitrogen and oxygen atoms in total. The van der Waals surface area contributed by atoms with Crippen molar-refractivity contribution in [3.05, 3.63) is 40.4 Å². The third-order valence-corrected chi connectivity index (χ3v) is 6.81. The van der Waals surface area contributed by atoms with Gasteiger partial charge in [-0.2, -0.15) is 5.26 Å². The number of nitriles is 1. The number of thiazole rings is 1. The lowest BCUT2D eigenvalue weighted by Crippen LogP contribution is -2.30. The molecular formula is C21H26N4O4S2. The van der Waals surface area contributed by atoms with Gasteiger partial charge in [-0.3, -0.25) is 4.79 Å². The molecule has 0 aliphatic heterocycles. The Morgan fingerprint density at radius 2 is 2.00 bits per heavy atom. The van der Waals surface area contributed by atoms with Gasteiger partial charge in [0, 0.05) is 17.1 Å². The van der Waals surface area contributed by atoms with Crippen LogP contribution in [0.5, 0.6) is 0 Å². The van der Waals surface area contributed by atoms with Gasteiger partial charge in [0.25, 0.3) is 5.91 Å². The van der Waals surface area contributed by atoms with Gasteiger partial charge in [0.05, 0.1) is 24.0 Å². The number of anilines is 2. The molecule has 1 heterocycles. The molecule has 1 aromatic carbocycles. The maximum Gasteiger partial charge on any atom is 0.284 e. The van der Waals surface area contributed by atoms with Gasteiger partial charge in [0.1, 0.15) is 5.69 Å². The van der Waals surface area contributed by atoms with Crippen molar-refractivity contribution in [3.63, 3.8) is 0 Å². The van der Waals surface area contributed by atoms with Crippen molar-refractivity contribution in [2.75, 3.05) is 17.7 Å². The van der Waals surface area contributed by atoms with E-state index < -0.39 is 15.9 Å². The number of carbonyl (C=O) groups excluding carboxylic acids is 1. The second-order valence-corrected chi connectivity index (χ2v) is 10.8. The second kappa shape index (κ2) is 9.77. The highest BCUT2D eigenvalue weighted by molar-refractivity contribution is 7.89. The third kappa shape index (κ3) is 6.26. The number of rotatable bonds is 6. The molecule has 1 aliphatic carbocycles. The van der Waals surface area contributed by atoms with E-state index in [0.29, 0.717) is 28.5 Å². The van der Waals surface area contributed by atoms with Gasteiger partial charge in [0.15, 0.2) is 5.13 Å². The molecule has 1 aliphatic rings. The summed E-state index contributed by atoms with van der Waals surface area (Å²) in [6, 6.07) is 9.22. The summed E-state index contributed by atoms with van der Waals surface area (Å²) in [5, 5.41) is 19.9. The van der Waals surface area contributed by atoms with Crippen LogP contribution in [0.25, 0.3) is 0 Å². The van der Waals surface area contributed by atoms with E-state index in [2.05, 4.69) is 11.1 Å². The lowest BCUT2D eigenvalue weighted by atomic mass is 9.98. The van der Waals surface area contributed by atoms with Crippen LogP contribution in [0.1, 0.15) is 53.0 Å². The second-order valence-electron chi connectivity index (χ2n) is 7.91. The fraction of sp³-hybridized carbons (Fsp3) is 0.476. The first-order chi connectivity index (χ1) is 14.7. The number of amides is 1. The summed E-state index contributed by atoms with van der Waals surface area (Å²) in [5.74, 6) is -0.516. The number of benzene rings is 1. The Balaban J connectivity index is 1.94. The Labute approximate surface area is 186 Å². The SMILES string of the molecule is Cc1sc(N(C[C@@H]2CCCC[C@H](O)C2)c2ccc(C#N)cc2)nc1C(=O)NS(C)(=O)=O. The van der Waals surface area contributed by atoms with Gasteiger partial charge in [-0.25, -0.2) is 18.1 Å². The first kappa shape index (κ1) is 23.2. The number of aliphatic hydroxyl groups is 1.